The fourth-order valence-electron chi connectivity index (χ4n) is 3.66. The number of carbonyl (C=O) groups is 1. The Morgan fingerprint density at radius 3 is 2.74 bits per heavy atom. The van der Waals surface area contributed by atoms with E-state index in [9.17, 15) is 4.79 Å². The summed E-state index contributed by atoms with van der Waals surface area (Å²) in [5.41, 5.74) is 7.93. The number of fused-ring (bicyclic) bond motifs is 1. The van der Waals surface area contributed by atoms with E-state index in [1.54, 1.807) is 30.6 Å². The Labute approximate surface area is 163 Å². The lowest BCUT2D eigenvalue weighted by atomic mass is 9.88. The third-order valence-corrected chi connectivity index (χ3v) is 5.61. The maximum Gasteiger partial charge on any atom is 0.251 e. The molecule has 0 bridgehead atoms. The molecule has 3 heterocycles. The van der Waals surface area contributed by atoms with Gasteiger partial charge < -0.3 is 21.3 Å². The molecule has 1 fully saturated rings. The zero-order chi connectivity index (χ0) is 18.9. The zero-order valence-electron chi connectivity index (χ0n) is 15.0. The highest BCUT2D eigenvalue weighted by Gasteiger charge is 2.33. The predicted octanol–water partition coefficient (Wildman–Crippen LogP) is 1.83. The van der Waals surface area contributed by atoms with E-state index in [1.165, 1.54) is 5.56 Å². The number of hydrogen-bond acceptors (Lipinski definition) is 6. The van der Waals surface area contributed by atoms with Gasteiger partial charge in [-0.15, -0.1) is 0 Å². The van der Waals surface area contributed by atoms with Gasteiger partial charge in [0.25, 0.3) is 5.91 Å². The standard InChI is InChI=1S/C19H23ClN6O/c20-14-3-1-13(2-4-14)18(27)23-11-19(21)6-9-26(10-7-19)17-15-5-8-22-16(15)24-12-25-17/h1-4,12H,5-11,21H2,(H,23,27)(H,22,24,25). The Balaban J connectivity index is 1.35. The molecule has 0 unspecified atom stereocenters. The van der Waals surface area contributed by atoms with E-state index in [0.29, 0.717) is 17.1 Å². The van der Waals surface area contributed by atoms with E-state index in [-0.39, 0.29) is 5.91 Å². The summed E-state index contributed by atoms with van der Waals surface area (Å²) < 4.78 is 0. The van der Waals surface area contributed by atoms with Crippen LogP contribution in [0.5, 0.6) is 0 Å². The number of nitrogens with one attached hydrogen (secondary N) is 2. The smallest absolute Gasteiger partial charge is 0.251 e. The molecule has 142 valence electrons. The summed E-state index contributed by atoms with van der Waals surface area (Å²) in [6.07, 6.45) is 4.15. The van der Waals surface area contributed by atoms with Crippen molar-refractivity contribution in [3.63, 3.8) is 0 Å². The first-order valence-corrected chi connectivity index (χ1v) is 9.57. The van der Waals surface area contributed by atoms with E-state index in [0.717, 1.165) is 50.5 Å². The van der Waals surface area contributed by atoms with Crippen molar-refractivity contribution in [2.45, 2.75) is 24.8 Å². The Kier molecular flexibility index (Phi) is 4.88. The lowest BCUT2D eigenvalue weighted by molar-refractivity contribution is 0.0940. The lowest BCUT2D eigenvalue weighted by Crippen LogP contribution is -2.56. The van der Waals surface area contributed by atoms with E-state index in [2.05, 4.69) is 25.5 Å². The van der Waals surface area contributed by atoms with Crippen molar-refractivity contribution in [3.8, 4) is 0 Å². The third-order valence-electron chi connectivity index (χ3n) is 5.36. The van der Waals surface area contributed by atoms with Crippen LogP contribution in [0, 0.1) is 0 Å². The highest BCUT2D eigenvalue weighted by atomic mass is 35.5. The molecular weight excluding hydrogens is 364 g/mol. The molecule has 4 N–H and O–H groups in total. The molecule has 8 heteroatoms. The van der Waals surface area contributed by atoms with E-state index in [1.807, 2.05) is 0 Å². The second kappa shape index (κ2) is 7.32. The number of nitrogens with zero attached hydrogens (tertiary/aromatic N) is 3. The topological polar surface area (TPSA) is 96.2 Å². The molecule has 0 saturated carbocycles. The molecule has 1 saturated heterocycles. The maximum atomic E-state index is 12.3. The van der Waals surface area contributed by atoms with Crippen LogP contribution in [0.3, 0.4) is 0 Å². The van der Waals surface area contributed by atoms with Crippen LogP contribution in [0.25, 0.3) is 0 Å². The minimum atomic E-state index is -0.410. The van der Waals surface area contributed by atoms with Gasteiger partial charge in [-0.2, -0.15) is 0 Å². The number of benzene rings is 1. The number of hydrogen-bond donors (Lipinski definition) is 3. The second-order valence-electron chi connectivity index (χ2n) is 7.24. The van der Waals surface area contributed by atoms with Crippen molar-refractivity contribution in [2.75, 3.05) is 36.4 Å². The summed E-state index contributed by atoms with van der Waals surface area (Å²) in [5.74, 6) is 1.83. The molecule has 2 aromatic rings. The fraction of sp³-hybridized carbons (Fsp3) is 0.421. The first-order valence-electron chi connectivity index (χ1n) is 9.19. The molecule has 7 nitrogen and oxygen atoms in total. The molecule has 2 aliphatic heterocycles. The number of anilines is 2. The van der Waals surface area contributed by atoms with Gasteiger partial charge in [0.1, 0.15) is 18.0 Å². The first kappa shape index (κ1) is 18.0. The summed E-state index contributed by atoms with van der Waals surface area (Å²) in [6.45, 7) is 2.99. The molecule has 2 aliphatic rings. The number of aromatic nitrogens is 2. The fourth-order valence-corrected chi connectivity index (χ4v) is 3.79. The molecule has 1 amide bonds. The molecule has 1 aromatic heterocycles. The van der Waals surface area contributed by atoms with Crippen LogP contribution in [-0.4, -0.2) is 47.6 Å². The quantitative estimate of drug-likeness (QED) is 0.741. The van der Waals surface area contributed by atoms with Gasteiger partial charge in [-0.05, 0) is 43.5 Å². The van der Waals surface area contributed by atoms with Crippen LogP contribution < -0.4 is 21.3 Å². The number of rotatable bonds is 4. The van der Waals surface area contributed by atoms with E-state index >= 15 is 0 Å². The first-order chi connectivity index (χ1) is 13.0. The van der Waals surface area contributed by atoms with Crippen LogP contribution in [0.4, 0.5) is 11.6 Å². The number of carbonyl (C=O) groups excluding carboxylic acids is 1. The summed E-state index contributed by atoms with van der Waals surface area (Å²) in [6, 6.07) is 6.85. The predicted molar refractivity (Wildman–Crippen MR) is 106 cm³/mol. The minimum absolute atomic E-state index is 0.126. The molecule has 0 spiro atoms. The van der Waals surface area contributed by atoms with Crippen LogP contribution in [0.2, 0.25) is 5.02 Å². The average Bonchev–Trinajstić information content (AvgIpc) is 3.16. The van der Waals surface area contributed by atoms with Crippen molar-refractivity contribution in [3.05, 3.63) is 46.7 Å². The van der Waals surface area contributed by atoms with Gasteiger partial charge in [-0.1, -0.05) is 11.6 Å². The summed E-state index contributed by atoms with van der Waals surface area (Å²) >= 11 is 5.87. The van der Waals surface area contributed by atoms with Gasteiger partial charge in [0, 0.05) is 47.9 Å². The minimum Gasteiger partial charge on any atom is -0.369 e. The highest BCUT2D eigenvalue weighted by Crippen LogP contribution is 2.31. The van der Waals surface area contributed by atoms with Crippen LogP contribution >= 0.6 is 11.6 Å². The molecular formula is C19H23ClN6O. The van der Waals surface area contributed by atoms with Crippen molar-refractivity contribution >= 4 is 29.1 Å². The average molecular weight is 387 g/mol. The van der Waals surface area contributed by atoms with E-state index < -0.39 is 5.54 Å². The Morgan fingerprint density at radius 1 is 1.26 bits per heavy atom. The number of amides is 1. The SMILES string of the molecule is NC1(CNC(=O)c2ccc(Cl)cc2)CCN(c2ncnc3c2CCN3)CC1. The van der Waals surface area contributed by atoms with Gasteiger partial charge in [0.15, 0.2) is 0 Å². The van der Waals surface area contributed by atoms with Crippen molar-refractivity contribution in [2.24, 2.45) is 5.73 Å². The summed E-state index contributed by atoms with van der Waals surface area (Å²) in [4.78, 5) is 23.4. The monoisotopic (exact) mass is 386 g/mol. The van der Waals surface area contributed by atoms with Gasteiger partial charge >= 0.3 is 0 Å². The number of piperidine rings is 1. The highest BCUT2D eigenvalue weighted by molar-refractivity contribution is 6.30. The Morgan fingerprint density at radius 2 is 2.00 bits per heavy atom. The molecule has 4 rings (SSSR count). The summed E-state index contributed by atoms with van der Waals surface area (Å²) in [5, 5.41) is 6.86. The largest absolute Gasteiger partial charge is 0.369 e. The van der Waals surface area contributed by atoms with Gasteiger partial charge in [-0.25, -0.2) is 9.97 Å². The molecule has 1 aromatic carbocycles. The number of halogens is 1. The van der Waals surface area contributed by atoms with Crippen LogP contribution in [0.15, 0.2) is 30.6 Å². The molecule has 27 heavy (non-hydrogen) atoms. The van der Waals surface area contributed by atoms with Gasteiger partial charge in [0.2, 0.25) is 0 Å². The lowest BCUT2D eigenvalue weighted by Gasteiger charge is -2.40. The third kappa shape index (κ3) is 3.84. The normalized spacial score (nSPS) is 17.9. The van der Waals surface area contributed by atoms with E-state index in [4.69, 9.17) is 17.3 Å². The van der Waals surface area contributed by atoms with Crippen molar-refractivity contribution < 1.29 is 4.79 Å². The molecule has 0 radical (unpaired) electrons. The maximum absolute atomic E-state index is 12.3. The molecule has 0 aliphatic carbocycles. The van der Waals surface area contributed by atoms with Crippen LogP contribution in [-0.2, 0) is 6.42 Å². The van der Waals surface area contributed by atoms with Crippen molar-refractivity contribution in [1.82, 2.24) is 15.3 Å². The molecule has 0 atom stereocenters. The Bertz CT molecular complexity index is 833. The Hall–Kier alpha value is -2.38. The van der Waals surface area contributed by atoms with Crippen molar-refractivity contribution in [1.29, 1.82) is 0 Å². The van der Waals surface area contributed by atoms with Gasteiger partial charge in [-0.3, -0.25) is 4.79 Å². The second-order valence-corrected chi connectivity index (χ2v) is 7.68. The number of nitrogens with two attached hydrogens (primary N) is 1. The van der Waals surface area contributed by atoms with Gasteiger partial charge in [0.05, 0.1) is 0 Å². The summed E-state index contributed by atoms with van der Waals surface area (Å²) in [7, 11) is 0. The van der Waals surface area contributed by atoms with Crippen LogP contribution in [0.1, 0.15) is 28.8 Å². The zero-order valence-corrected chi connectivity index (χ0v) is 15.8.